The minimum Gasteiger partial charge on any atom is -0.364 e. The number of rotatable bonds is 4. The summed E-state index contributed by atoms with van der Waals surface area (Å²) in [6.45, 7) is 4.90. The van der Waals surface area contributed by atoms with Crippen LogP contribution in [0.2, 0.25) is 0 Å². The van der Waals surface area contributed by atoms with Gasteiger partial charge in [0.25, 0.3) is 5.91 Å². The van der Waals surface area contributed by atoms with E-state index >= 15 is 0 Å². The molecule has 2 aliphatic heterocycles. The summed E-state index contributed by atoms with van der Waals surface area (Å²) >= 11 is 1.32. The van der Waals surface area contributed by atoms with E-state index in [1.165, 1.54) is 11.3 Å². The molecule has 1 aromatic rings. The molecule has 3 aliphatic rings. The molecule has 2 saturated heterocycles. The lowest BCUT2D eigenvalue weighted by atomic mass is 9.89. The minimum absolute atomic E-state index is 0.0905. The molecule has 1 unspecified atom stereocenters. The molecule has 3 amide bonds. The normalized spacial score (nSPS) is 22.9. The lowest BCUT2D eigenvalue weighted by Crippen LogP contribution is -2.52. The van der Waals surface area contributed by atoms with E-state index in [4.69, 9.17) is 5.73 Å². The maximum absolute atomic E-state index is 13.1. The molecule has 0 aromatic carbocycles. The van der Waals surface area contributed by atoms with Gasteiger partial charge in [0.05, 0.1) is 18.2 Å². The number of nitrogens with two attached hydrogens (primary N) is 1. The Morgan fingerprint density at radius 1 is 1.00 bits per heavy atom. The van der Waals surface area contributed by atoms with E-state index in [1.807, 2.05) is 9.80 Å². The average molecular weight is 406 g/mol. The zero-order chi connectivity index (χ0) is 19.7. The number of carbonyl (C=O) groups is 3. The summed E-state index contributed by atoms with van der Waals surface area (Å²) in [6.07, 6.45) is 4.75. The van der Waals surface area contributed by atoms with Crippen molar-refractivity contribution < 1.29 is 14.4 Å². The first-order valence-corrected chi connectivity index (χ1v) is 10.9. The summed E-state index contributed by atoms with van der Waals surface area (Å²) < 4.78 is 0. The first-order valence-electron chi connectivity index (χ1n) is 10.1. The van der Waals surface area contributed by atoms with Gasteiger partial charge in [0.15, 0.2) is 5.01 Å². The SMILES string of the molecule is NC(=O)c1nc2c(s1)CCCC2C(=O)N1CCN(CC(=O)N2CCCC2)CC1. The highest BCUT2D eigenvalue weighted by molar-refractivity contribution is 7.13. The molecule has 1 aliphatic carbocycles. The van der Waals surface area contributed by atoms with E-state index in [0.29, 0.717) is 37.7 Å². The van der Waals surface area contributed by atoms with Crippen LogP contribution < -0.4 is 5.73 Å². The number of aromatic nitrogens is 1. The number of likely N-dealkylation sites (tertiary alicyclic amines) is 1. The highest BCUT2D eigenvalue weighted by atomic mass is 32.1. The van der Waals surface area contributed by atoms with E-state index in [2.05, 4.69) is 9.88 Å². The van der Waals surface area contributed by atoms with Crippen molar-refractivity contribution in [2.45, 2.75) is 38.0 Å². The second-order valence-corrected chi connectivity index (χ2v) is 8.91. The van der Waals surface area contributed by atoms with Crippen LogP contribution in [0.5, 0.6) is 0 Å². The highest BCUT2D eigenvalue weighted by Gasteiger charge is 2.35. The third-order valence-electron chi connectivity index (χ3n) is 5.96. The van der Waals surface area contributed by atoms with Crippen LogP contribution in [0.3, 0.4) is 0 Å². The van der Waals surface area contributed by atoms with Gasteiger partial charge in [0.1, 0.15) is 0 Å². The molecular formula is C19H27N5O3S. The van der Waals surface area contributed by atoms with E-state index < -0.39 is 5.91 Å². The van der Waals surface area contributed by atoms with Gasteiger partial charge in [-0.2, -0.15) is 0 Å². The number of carbonyl (C=O) groups excluding carboxylic acids is 3. The largest absolute Gasteiger partial charge is 0.364 e. The molecule has 9 heteroatoms. The number of nitrogens with zero attached hydrogens (tertiary/aromatic N) is 4. The Bertz CT molecular complexity index is 766. The fraction of sp³-hybridized carbons (Fsp3) is 0.684. The maximum Gasteiger partial charge on any atom is 0.277 e. The van der Waals surface area contributed by atoms with Gasteiger partial charge in [-0.05, 0) is 32.1 Å². The lowest BCUT2D eigenvalue weighted by Gasteiger charge is -2.37. The number of fused-ring (bicyclic) bond motifs is 1. The summed E-state index contributed by atoms with van der Waals surface area (Å²) in [5, 5.41) is 0.301. The predicted octanol–water partition coefficient (Wildman–Crippen LogP) is 0.429. The minimum atomic E-state index is -0.526. The number of hydrogen-bond donors (Lipinski definition) is 1. The zero-order valence-electron chi connectivity index (χ0n) is 16.1. The molecule has 0 bridgehead atoms. The van der Waals surface area contributed by atoms with Gasteiger partial charge in [0, 0.05) is 44.1 Å². The topological polar surface area (TPSA) is 99.8 Å². The predicted molar refractivity (Wildman–Crippen MR) is 105 cm³/mol. The van der Waals surface area contributed by atoms with E-state index in [9.17, 15) is 14.4 Å². The number of primary amides is 1. The summed E-state index contributed by atoms with van der Waals surface area (Å²) in [5.41, 5.74) is 6.12. The molecule has 4 rings (SSSR count). The van der Waals surface area contributed by atoms with Crippen LogP contribution in [0, 0.1) is 0 Å². The van der Waals surface area contributed by atoms with Gasteiger partial charge in [-0.25, -0.2) is 4.98 Å². The molecule has 28 heavy (non-hydrogen) atoms. The van der Waals surface area contributed by atoms with Crippen LogP contribution in [-0.2, 0) is 16.0 Å². The molecule has 3 heterocycles. The van der Waals surface area contributed by atoms with Crippen LogP contribution in [0.4, 0.5) is 0 Å². The Morgan fingerprint density at radius 2 is 1.71 bits per heavy atom. The van der Waals surface area contributed by atoms with Crippen LogP contribution in [0.15, 0.2) is 0 Å². The van der Waals surface area contributed by atoms with E-state index in [1.54, 1.807) is 0 Å². The number of thiazole rings is 1. The quantitative estimate of drug-likeness (QED) is 0.783. The zero-order valence-corrected chi connectivity index (χ0v) is 16.9. The number of hydrogen-bond acceptors (Lipinski definition) is 6. The van der Waals surface area contributed by atoms with Crippen molar-refractivity contribution in [1.82, 2.24) is 19.7 Å². The number of piperazine rings is 1. The van der Waals surface area contributed by atoms with Crippen molar-refractivity contribution >= 4 is 29.1 Å². The van der Waals surface area contributed by atoms with Crippen molar-refractivity contribution in [3.8, 4) is 0 Å². The van der Waals surface area contributed by atoms with Crippen molar-refractivity contribution in [2.24, 2.45) is 5.73 Å². The number of amides is 3. The van der Waals surface area contributed by atoms with Crippen molar-refractivity contribution in [3.63, 3.8) is 0 Å². The summed E-state index contributed by atoms with van der Waals surface area (Å²) in [4.78, 5) is 48.3. The molecule has 0 saturated carbocycles. The second kappa shape index (κ2) is 8.16. The monoisotopic (exact) mass is 405 g/mol. The molecule has 1 atom stereocenters. The van der Waals surface area contributed by atoms with Crippen molar-refractivity contribution in [3.05, 3.63) is 15.6 Å². The summed E-state index contributed by atoms with van der Waals surface area (Å²) in [6, 6.07) is 0. The van der Waals surface area contributed by atoms with Crippen LogP contribution in [0.1, 0.15) is 52.0 Å². The van der Waals surface area contributed by atoms with Gasteiger partial charge in [-0.15, -0.1) is 11.3 Å². The maximum atomic E-state index is 13.1. The molecule has 8 nitrogen and oxygen atoms in total. The van der Waals surface area contributed by atoms with Gasteiger partial charge in [-0.1, -0.05) is 0 Å². The summed E-state index contributed by atoms with van der Waals surface area (Å²) in [5.74, 6) is -0.504. The van der Waals surface area contributed by atoms with Gasteiger partial charge < -0.3 is 15.5 Å². The fourth-order valence-electron chi connectivity index (χ4n) is 4.37. The molecule has 152 valence electrons. The van der Waals surface area contributed by atoms with Crippen LogP contribution in [-0.4, -0.2) is 83.2 Å². The third-order valence-corrected chi connectivity index (χ3v) is 7.11. The molecule has 0 spiro atoms. The molecule has 0 radical (unpaired) electrons. The van der Waals surface area contributed by atoms with Crippen LogP contribution >= 0.6 is 11.3 Å². The first kappa shape index (κ1) is 19.3. The van der Waals surface area contributed by atoms with E-state index in [0.717, 1.165) is 55.8 Å². The van der Waals surface area contributed by atoms with Crippen molar-refractivity contribution in [2.75, 3.05) is 45.8 Å². The third kappa shape index (κ3) is 3.91. The Labute approximate surface area is 168 Å². The lowest BCUT2D eigenvalue weighted by molar-refractivity contribution is -0.136. The van der Waals surface area contributed by atoms with Gasteiger partial charge >= 0.3 is 0 Å². The summed E-state index contributed by atoms with van der Waals surface area (Å²) in [7, 11) is 0. The number of aryl methyl sites for hydroxylation is 1. The smallest absolute Gasteiger partial charge is 0.277 e. The standard InChI is InChI=1S/C19H27N5O3S/c20-17(26)18-21-16-13(4-3-5-14(16)28-18)19(27)24-10-8-22(9-11-24)12-15(25)23-6-1-2-7-23/h13H,1-12H2,(H2,20,26). The molecular weight excluding hydrogens is 378 g/mol. The fourth-order valence-corrected chi connectivity index (χ4v) is 5.39. The Morgan fingerprint density at radius 3 is 2.39 bits per heavy atom. The molecule has 1 aromatic heterocycles. The highest BCUT2D eigenvalue weighted by Crippen LogP contribution is 2.36. The van der Waals surface area contributed by atoms with Gasteiger partial charge in [0.2, 0.25) is 11.8 Å². The Balaban J connectivity index is 1.34. The average Bonchev–Trinajstić information content (AvgIpc) is 3.37. The Kier molecular flexibility index (Phi) is 5.63. The van der Waals surface area contributed by atoms with Crippen molar-refractivity contribution in [1.29, 1.82) is 0 Å². The molecule has 2 N–H and O–H groups in total. The second-order valence-electron chi connectivity index (χ2n) is 7.83. The molecule has 2 fully saturated rings. The first-order chi connectivity index (χ1) is 13.5. The van der Waals surface area contributed by atoms with Gasteiger partial charge in [-0.3, -0.25) is 19.3 Å². The van der Waals surface area contributed by atoms with E-state index in [-0.39, 0.29) is 17.7 Å². The Hall–Kier alpha value is -2.00. The van der Waals surface area contributed by atoms with Crippen LogP contribution in [0.25, 0.3) is 0 Å².